The first-order chi connectivity index (χ1) is 5.77. The van der Waals surface area contributed by atoms with E-state index in [2.05, 4.69) is 24.4 Å². The van der Waals surface area contributed by atoms with Crippen LogP contribution in [-0.4, -0.2) is 6.54 Å². The molecule has 0 saturated carbocycles. The van der Waals surface area contributed by atoms with Gasteiger partial charge in [-0.3, -0.25) is 0 Å². The van der Waals surface area contributed by atoms with Gasteiger partial charge < -0.3 is 5.32 Å². The fourth-order valence-electron chi connectivity index (χ4n) is 1.54. The van der Waals surface area contributed by atoms with Gasteiger partial charge in [-0.15, -0.1) is 0 Å². The SMILES string of the molecule is Cc1ccc(Cl)cc1[C@H]1CCN1. The van der Waals surface area contributed by atoms with Crippen LogP contribution in [0, 0.1) is 6.92 Å². The number of hydrogen-bond acceptors (Lipinski definition) is 1. The molecule has 1 aromatic carbocycles. The monoisotopic (exact) mass is 181 g/mol. The van der Waals surface area contributed by atoms with Crippen molar-refractivity contribution in [1.29, 1.82) is 0 Å². The Balaban J connectivity index is 2.34. The molecule has 1 atom stereocenters. The standard InChI is InChI=1S/C10H12ClN/c1-7-2-3-8(11)6-9(7)10-4-5-12-10/h2-3,6,10,12H,4-5H2,1H3/t10-/m1/s1. The number of nitrogens with one attached hydrogen (secondary N) is 1. The summed E-state index contributed by atoms with van der Waals surface area (Å²) in [7, 11) is 0. The minimum Gasteiger partial charge on any atom is -0.310 e. The summed E-state index contributed by atoms with van der Waals surface area (Å²) in [5.74, 6) is 0. The van der Waals surface area contributed by atoms with Crippen LogP contribution in [0.3, 0.4) is 0 Å². The van der Waals surface area contributed by atoms with Crippen molar-refractivity contribution in [2.75, 3.05) is 6.54 Å². The van der Waals surface area contributed by atoms with E-state index in [4.69, 9.17) is 11.6 Å². The zero-order valence-corrected chi connectivity index (χ0v) is 7.86. The summed E-state index contributed by atoms with van der Waals surface area (Å²) in [5, 5.41) is 4.21. The molecule has 2 rings (SSSR count). The Hall–Kier alpha value is -0.530. The summed E-state index contributed by atoms with van der Waals surface area (Å²) in [5.41, 5.74) is 2.69. The van der Waals surface area contributed by atoms with Gasteiger partial charge >= 0.3 is 0 Å². The Bertz CT molecular complexity index is 292. The topological polar surface area (TPSA) is 12.0 Å². The second-order valence-corrected chi connectivity index (χ2v) is 3.73. The van der Waals surface area contributed by atoms with E-state index in [1.54, 1.807) is 0 Å². The fourth-order valence-corrected chi connectivity index (χ4v) is 1.72. The number of rotatable bonds is 1. The Morgan fingerprint density at radius 3 is 2.83 bits per heavy atom. The number of aryl methyl sites for hydroxylation is 1. The van der Waals surface area contributed by atoms with Gasteiger partial charge in [0.25, 0.3) is 0 Å². The van der Waals surface area contributed by atoms with Crippen molar-refractivity contribution in [3.8, 4) is 0 Å². The lowest BCUT2D eigenvalue weighted by molar-refractivity contribution is 0.382. The highest BCUT2D eigenvalue weighted by molar-refractivity contribution is 6.30. The Morgan fingerprint density at radius 2 is 2.25 bits per heavy atom. The highest BCUT2D eigenvalue weighted by atomic mass is 35.5. The minimum atomic E-state index is 0.545. The van der Waals surface area contributed by atoms with Gasteiger partial charge in [-0.25, -0.2) is 0 Å². The van der Waals surface area contributed by atoms with Crippen LogP contribution in [0.15, 0.2) is 18.2 Å². The van der Waals surface area contributed by atoms with Crippen molar-refractivity contribution < 1.29 is 0 Å². The molecule has 2 heteroatoms. The van der Waals surface area contributed by atoms with Gasteiger partial charge in [0.05, 0.1) is 0 Å². The Morgan fingerprint density at radius 1 is 1.50 bits per heavy atom. The van der Waals surface area contributed by atoms with Crippen molar-refractivity contribution in [2.45, 2.75) is 19.4 Å². The first kappa shape index (κ1) is 8.09. The third-order valence-corrected chi connectivity index (χ3v) is 2.68. The van der Waals surface area contributed by atoms with E-state index in [0.717, 1.165) is 11.6 Å². The predicted molar refractivity (Wildman–Crippen MR) is 51.5 cm³/mol. The van der Waals surface area contributed by atoms with E-state index in [1.165, 1.54) is 17.5 Å². The number of benzene rings is 1. The van der Waals surface area contributed by atoms with Crippen molar-refractivity contribution in [2.24, 2.45) is 0 Å². The van der Waals surface area contributed by atoms with Crippen LogP contribution in [0.2, 0.25) is 5.02 Å². The van der Waals surface area contributed by atoms with Crippen LogP contribution >= 0.6 is 11.6 Å². The lowest BCUT2D eigenvalue weighted by atomic mass is 9.94. The second-order valence-electron chi connectivity index (χ2n) is 3.30. The van der Waals surface area contributed by atoms with Gasteiger partial charge in [0.1, 0.15) is 0 Å². The molecule has 12 heavy (non-hydrogen) atoms. The molecule has 1 saturated heterocycles. The molecule has 64 valence electrons. The van der Waals surface area contributed by atoms with E-state index in [-0.39, 0.29) is 0 Å². The maximum absolute atomic E-state index is 5.91. The van der Waals surface area contributed by atoms with E-state index in [1.807, 2.05) is 6.07 Å². The Labute approximate surface area is 77.7 Å². The molecule has 1 fully saturated rings. The van der Waals surface area contributed by atoms with Gasteiger partial charge in [0.15, 0.2) is 0 Å². The fraction of sp³-hybridized carbons (Fsp3) is 0.400. The molecule has 1 aromatic rings. The molecular formula is C10H12ClN. The van der Waals surface area contributed by atoms with Crippen molar-refractivity contribution in [3.05, 3.63) is 34.3 Å². The van der Waals surface area contributed by atoms with Crippen molar-refractivity contribution >= 4 is 11.6 Å². The van der Waals surface area contributed by atoms with Crippen molar-refractivity contribution in [3.63, 3.8) is 0 Å². The maximum Gasteiger partial charge on any atom is 0.0409 e. The lowest BCUT2D eigenvalue weighted by Crippen LogP contribution is -2.35. The van der Waals surface area contributed by atoms with Gasteiger partial charge in [0.2, 0.25) is 0 Å². The molecule has 0 spiro atoms. The van der Waals surface area contributed by atoms with Crippen LogP contribution in [0.1, 0.15) is 23.6 Å². The first-order valence-corrected chi connectivity index (χ1v) is 4.64. The highest BCUT2D eigenvalue weighted by Crippen LogP contribution is 2.27. The molecule has 0 unspecified atom stereocenters. The molecule has 1 N–H and O–H groups in total. The normalized spacial score (nSPS) is 22.0. The molecule has 1 heterocycles. The van der Waals surface area contributed by atoms with Crippen LogP contribution in [0.25, 0.3) is 0 Å². The molecule has 0 aromatic heterocycles. The molecule has 1 aliphatic heterocycles. The summed E-state index contributed by atoms with van der Waals surface area (Å²) in [4.78, 5) is 0. The van der Waals surface area contributed by atoms with Crippen LogP contribution in [0.4, 0.5) is 0 Å². The summed E-state index contributed by atoms with van der Waals surface area (Å²) in [6, 6.07) is 6.63. The van der Waals surface area contributed by atoms with Gasteiger partial charge in [-0.1, -0.05) is 17.7 Å². The number of hydrogen-bond donors (Lipinski definition) is 1. The van der Waals surface area contributed by atoms with Crippen LogP contribution in [0.5, 0.6) is 0 Å². The minimum absolute atomic E-state index is 0.545. The molecule has 0 radical (unpaired) electrons. The van der Waals surface area contributed by atoms with E-state index >= 15 is 0 Å². The molecule has 1 aliphatic rings. The average molecular weight is 182 g/mol. The predicted octanol–water partition coefficient (Wildman–Crippen LogP) is 2.68. The summed E-state index contributed by atoms with van der Waals surface area (Å²) in [6.07, 6.45) is 1.24. The third-order valence-electron chi connectivity index (χ3n) is 2.44. The highest BCUT2D eigenvalue weighted by Gasteiger charge is 2.19. The van der Waals surface area contributed by atoms with E-state index in [9.17, 15) is 0 Å². The molecule has 0 aliphatic carbocycles. The first-order valence-electron chi connectivity index (χ1n) is 4.27. The largest absolute Gasteiger partial charge is 0.310 e. The average Bonchev–Trinajstić information content (AvgIpc) is 1.93. The van der Waals surface area contributed by atoms with Gasteiger partial charge in [-0.2, -0.15) is 0 Å². The van der Waals surface area contributed by atoms with E-state index < -0.39 is 0 Å². The summed E-state index contributed by atoms with van der Waals surface area (Å²) in [6.45, 7) is 3.27. The van der Waals surface area contributed by atoms with Crippen LogP contribution in [-0.2, 0) is 0 Å². The van der Waals surface area contributed by atoms with E-state index in [0.29, 0.717) is 6.04 Å². The second kappa shape index (κ2) is 3.08. The van der Waals surface area contributed by atoms with Gasteiger partial charge in [0, 0.05) is 11.1 Å². The van der Waals surface area contributed by atoms with Crippen molar-refractivity contribution in [1.82, 2.24) is 5.32 Å². The quantitative estimate of drug-likeness (QED) is 0.703. The Kier molecular flexibility index (Phi) is 2.07. The summed E-state index contributed by atoms with van der Waals surface area (Å²) < 4.78 is 0. The zero-order chi connectivity index (χ0) is 8.55. The third kappa shape index (κ3) is 1.35. The van der Waals surface area contributed by atoms with Crippen LogP contribution < -0.4 is 5.32 Å². The zero-order valence-electron chi connectivity index (χ0n) is 7.10. The maximum atomic E-state index is 5.91. The molecular weight excluding hydrogens is 170 g/mol. The molecule has 1 nitrogen and oxygen atoms in total. The van der Waals surface area contributed by atoms with Gasteiger partial charge in [-0.05, 0) is 43.1 Å². The number of halogens is 1. The molecule has 0 bridgehead atoms. The lowest BCUT2D eigenvalue weighted by Gasteiger charge is -2.29. The smallest absolute Gasteiger partial charge is 0.0409 e. The summed E-state index contributed by atoms with van der Waals surface area (Å²) >= 11 is 5.91. The molecule has 0 amide bonds.